The molecule has 1 aromatic heterocycles. The number of carbonyl (C=O) groups excluding carboxylic acids is 1. The van der Waals surface area contributed by atoms with Crippen LogP contribution in [0.3, 0.4) is 0 Å². The van der Waals surface area contributed by atoms with Gasteiger partial charge in [-0.2, -0.15) is 0 Å². The lowest BCUT2D eigenvalue weighted by Gasteiger charge is -2.42. The third-order valence-electron chi connectivity index (χ3n) is 4.82. The molecule has 25 heavy (non-hydrogen) atoms. The fourth-order valence-electron chi connectivity index (χ4n) is 3.34. The van der Waals surface area contributed by atoms with Crippen molar-refractivity contribution in [1.82, 2.24) is 19.4 Å². The Balaban J connectivity index is 1.77. The number of alkyl halides is 2. The number of imidazole rings is 1. The number of amides is 1. The Kier molecular flexibility index (Phi) is 4.61. The first-order valence-electron chi connectivity index (χ1n) is 8.21. The molecule has 2 aliphatic rings. The molecule has 0 aromatic carbocycles. The Morgan fingerprint density at radius 2 is 2.08 bits per heavy atom. The Morgan fingerprint density at radius 3 is 2.68 bits per heavy atom. The van der Waals surface area contributed by atoms with E-state index in [0.29, 0.717) is 25.3 Å². The third kappa shape index (κ3) is 3.69. The average Bonchev–Trinajstić information content (AvgIpc) is 2.90. The monoisotopic (exact) mass is 376 g/mol. The topological polar surface area (TPSA) is 75.5 Å². The fourth-order valence-corrected chi connectivity index (χ4v) is 4.17. The standard InChI is InChI=1S/C15H22F2N4O3S/c1-3-25(23,24)5-4-20-6-11(13-12(7-20)18-10-19(13)2)14(22)21-8-15(16,17)9-21/h10-11H,3-9H2,1-2H3/t11-/m0/s1. The van der Waals surface area contributed by atoms with Gasteiger partial charge in [-0.3, -0.25) is 9.69 Å². The third-order valence-corrected chi connectivity index (χ3v) is 6.50. The van der Waals surface area contributed by atoms with E-state index in [1.54, 1.807) is 24.9 Å². The maximum Gasteiger partial charge on any atom is 0.282 e. The number of hydrogen-bond acceptors (Lipinski definition) is 5. The van der Waals surface area contributed by atoms with Crippen molar-refractivity contribution in [2.24, 2.45) is 7.05 Å². The van der Waals surface area contributed by atoms with Crippen LogP contribution >= 0.6 is 0 Å². The van der Waals surface area contributed by atoms with Gasteiger partial charge in [-0.15, -0.1) is 0 Å². The van der Waals surface area contributed by atoms with Crippen LogP contribution < -0.4 is 0 Å². The Hall–Kier alpha value is -1.55. The molecule has 140 valence electrons. The van der Waals surface area contributed by atoms with Crippen LogP contribution in [0.4, 0.5) is 8.78 Å². The number of aryl methyl sites for hydroxylation is 1. The van der Waals surface area contributed by atoms with Gasteiger partial charge in [0.2, 0.25) is 5.91 Å². The van der Waals surface area contributed by atoms with Crippen LogP contribution in [0.1, 0.15) is 24.2 Å². The summed E-state index contributed by atoms with van der Waals surface area (Å²) in [5.41, 5.74) is 1.43. The average molecular weight is 376 g/mol. The molecule has 0 saturated carbocycles. The van der Waals surface area contributed by atoms with Crippen LogP contribution in [0.15, 0.2) is 6.33 Å². The molecule has 1 saturated heterocycles. The van der Waals surface area contributed by atoms with Crippen LogP contribution in [0.25, 0.3) is 0 Å². The van der Waals surface area contributed by atoms with Gasteiger partial charge in [0.15, 0.2) is 9.84 Å². The minimum atomic E-state index is -3.12. The lowest BCUT2D eigenvalue weighted by molar-refractivity contribution is -0.168. The Bertz CT molecular complexity index is 770. The van der Waals surface area contributed by atoms with Gasteiger partial charge in [-0.05, 0) is 0 Å². The summed E-state index contributed by atoms with van der Waals surface area (Å²) in [6.07, 6.45) is 1.60. The lowest BCUT2D eigenvalue weighted by atomic mass is 9.94. The second-order valence-electron chi connectivity index (χ2n) is 6.76. The van der Waals surface area contributed by atoms with Crippen molar-refractivity contribution in [3.05, 3.63) is 17.7 Å². The van der Waals surface area contributed by atoms with Crippen LogP contribution in [0.5, 0.6) is 0 Å². The zero-order valence-corrected chi connectivity index (χ0v) is 15.1. The quantitative estimate of drug-likeness (QED) is 0.736. The predicted octanol–water partition coefficient (Wildman–Crippen LogP) is 0.232. The minimum Gasteiger partial charge on any atom is -0.337 e. The molecule has 0 aliphatic carbocycles. The highest BCUT2D eigenvalue weighted by Crippen LogP contribution is 2.33. The maximum absolute atomic E-state index is 13.1. The first-order chi connectivity index (χ1) is 11.6. The van der Waals surface area contributed by atoms with E-state index >= 15 is 0 Å². The number of aromatic nitrogens is 2. The van der Waals surface area contributed by atoms with E-state index in [-0.39, 0.29) is 17.4 Å². The summed E-state index contributed by atoms with van der Waals surface area (Å²) in [6, 6.07) is 0. The van der Waals surface area contributed by atoms with Crippen molar-refractivity contribution >= 4 is 15.7 Å². The van der Waals surface area contributed by atoms with Crippen LogP contribution in [-0.4, -0.2) is 77.3 Å². The molecule has 2 aliphatic heterocycles. The molecule has 1 aromatic rings. The van der Waals surface area contributed by atoms with Gasteiger partial charge < -0.3 is 9.47 Å². The maximum atomic E-state index is 13.1. The largest absolute Gasteiger partial charge is 0.337 e. The molecular formula is C15H22F2N4O3S. The van der Waals surface area contributed by atoms with Crippen molar-refractivity contribution in [3.8, 4) is 0 Å². The summed E-state index contributed by atoms with van der Waals surface area (Å²) >= 11 is 0. The minimum absolute atomic E-state index is 0.00830. The smallest absolute Gasteiger partial charge is 0.282 e. The van der Waals surface area contributed by atoms with Crippen LogP contribution in [0, 0.1) is 0 Å². The molecule has 0 radical (unpaired) electrons. The molecule has 1 fully saturated rings. The summed E-state index contributed by atoms with van der Waals surface area (Å²) < 4.78 is 51.4. The van der Waals surface area contributed by atoms with E-state index in [4.69, 9.17) is 0 Å². The van der Waals surface area contributed by atoms with Gasteiger partial charge in [0.25, 0.3) is 5.92 Å². The summed E-state index contributed by atoms with van der Waals surface area (Å²) in [6.45, 7) is 1.55. The van der Waals surface area contributed by atoms with Gasteiger partial charge in [-0.1, -0.05) is 6.92 Å². The van der Waals surface area contributed by atoms with E-state index in [1.165, 1.54) is 0 Å². The molecule has 3 rings (SSSR count). The van der Waals surface area contributed by atoms with Gasteiger partial charge in [0, 0.05) is 32.4 Å². The van der Waals surface area contributed by atoms with E-state index in [0.717, 1.165) is 10.6 Å². The number of likely N-dealkylation sites (tertiary alicyclic amines) is 1. The highest BCUT2D eigenvalue weighted by Gasteiger charge is 2.49. The van der Waals surface area contributed by atoms with Crippen molar-refractivity contribution in [1.29, 1.82) is 0 Å². The summed E-state index contributed by atoms with van der Waals surface area (Å²) in [4.78, 5) is 20.0. The van der Waals surface area contributed by atoms with E-state index in [9.17, 15) is 22.0 Å². The second-order valence-corrected chi connectivity index (χ2v) is 9.23. The molecule has 1 amide bonds. The Morgan fingerprint density at radius 1 is 1.40 bits per heavy atom. The first kappa shape index (κ1) is 18.2. The highest BCUT2D eigenvalue weighted by molar-refractivity contribution is 7.91. The number of fused-ring (bicyclic) bond motifs is 1. The van der Waals surface area contributed by atoms with E-state index < -0.39 is 34.8 Å². The lowest BCUT2D eigenvalue weighted by Crippen LogP contribution is -2.60. The molecule has 3 heterocycles. The molecule has 0 unspecified atom stereocenters. The molecule has 7 nitrogen and oxygen atoms in total. The number of carbonyl (C=O) groups is 1. The van der Waals surface area contributed by atoms with Gasteiger partial charge in [0.1, 0.15) is 0 Å². The zero-order chi connectivity index (χ0) is 18.4. The fraction of sp³-hybridized carbons (Fsp3) is 0.733. The normalized spacial score (nSPS) is 23.2. The summed E-state index contributed by atoms with van der Waals surface area (Å²) in [5.74, 6) is -3.68. The zero-order valence-electron chi connectivity index (χ0n) is 14.3. The second kappa shape index (κ2) is 6.31. The molecule has 0 spiro atoms. The van der Waals surface area contributed by atoms with E-state index in [1.807, 2.05) is 4.90 Å². The molecule has 10 heteroatoms. The van der Waals surface area contributed by atoms with Gasteiger partial charge in [0.05, 0.1) is 42.5 Å². The molecule has 1 atom stereocenters. The number of hydrogen-bond donors (Lipinski definition) is 0. The molecule has 0 bridgehead atoms. The van der Waals surface area contributed by atoms with Gasteiger partial charge in [-0.25, -0.2) is 22.2 Å². The summed E-state index contributed by atoms with van der Waals surface area (Å²) in [5, 5.41) is 0. The Labute approximate surface area is 145 Å². The number of nitrogens with zero attached hydrogens (tertiary/aromatic N) is 4. The molecular weight excluding hydrogens is 354 g/mol. The predicted molar refractivity (Wildman–Crippen MR) is 87.1 cm³/mol. The van der Waals surface area contributed by atoms with Crippen LogP contribution in [0.2, 0.25) is 0 Å². The first-order valence-corrected chi connectivity index (χ1v) is 10.0. The number of sulfone groups is 1. The van der Waals surface area contributed by atoms with Crippen molar-refractivity contribution in [3.63, 3.8) is 0 Å². The number of rotatable bonds is 5. The summed E-state index contributed by atoms with van der Waals surface area (Å²) in [7, 11) is -1.34. The van der Waals surface area contributed by atoms with Crippen molar-refractivity contribution in [2.75, 3.05) is 37.7 Å². The van der Waals surface area contributed by atoms with E-state index in [2.05, 4.69) is 4.98 Å². The van der Waals surface area contributed by atoms with Gasteiger partial charge >= 0.3 is 0 Å². The molecule has 0 N–H and O–H groups in total. The van der Waals surface area contributed by atoms with Crippen molar-refractivity contribution in [2.45, 2.75) is 25.3 Å². The SMILES string of the molecule is CCS(=O)(=O)CCN1Cc2ncn(C)c2[C@@H](C(=O)N2CC(F)(F)C2)C1. The van der Waals surface area contributed by atoms with Crippen molar-refractivity contribution < 1.29 is 22.0 Å². The highest BCUT2D eigenvalue weighted by atomic mass is 32.2. The number of halogens is 2. The van der Waals surface area contributed by atoms with Crippen LogP contribution in [-0.2, 0) is 28.2 Å².